The zero-order valence-corrected chi connectivity index (χ0v) is 8.76. The van der Waals surface area contributed by atoms with Crippen LogP contribution in [0.2, 0.25) is 0 Å². The topological polar surface area (TPSA) is 59.6 Å². The van der Waals surface area contributed by atoms with Crippen molar-refractivity contribution in [1.82, 2.24) is 14.9 Å². The predicted octanol–water partition coefficient (Wildman–Crippen LogP) is 1.56. The van der Waals surface area contributed by atoms with E-state index in [1.54, 1.807) is 4.68 Å². The Labute approximate surface area is 87.5 Å². The molecule has 76 valence electrons. The van der Waals surface area contributed by atoms with Crippen LogP contribution in [-0.4, -0.2) is 14.9 Å². The standard InChI is InChI=1S/C9H14N4S/c10-13-8(11-12-9(13)14)7(5-1-2-5)6-3-4-6/h5-7H,1-4,10H2,(H,12,14). The summed E-state index contributed by atoms with van der Waals surface area (Å²) in [5, 5.41) is 7.03. The Morgan fingerprint density at radius 3 is 2.29 bits per heavy atom. The molecule has 2 fully saturated rings. The maximum absolute atomic E-state index is 5.85. The first kappa shape index (κ1) is 8.47. The van der Waals surface area contributed by atoms with E-state index in [1.165, 1.54) is 25.7 Å². The number of hydrogen-bond donors (Lipinski definition) is 2. The van der Waals surface area contributed by atoms with Gasteiger partial charge >= 0.3 is 0 Å². The number of aromatic amines is 1. The van der Waals surface area contributed by atoms with Gasteiger partial charge in [0, 0.05) is 5.92 Å². The quantitative estimate of drug-likeness (QED) is 0.588. The molecule has 2 aliphatic carbocycles. The number of nitrogens with one attached hydrogen (secondary N) is 1. The fourth-order valence-corrected chi connectivity index (χ4v) is 2.41. The van der Waals surface area contributed by atoms with Crippen molar-refractivity contribution in [3.05, 3.63) is 10.6 Å². The van der Waals surface area contributed by atoms with Crippen molar-refractivity contribution in [3.63, 3.8) is 0 Å². The van der Waals surface area contributed by atoms with E-state index < -0.39 is 0 Å². The second-order valence-electron chi connectivity index (χ2n) is 4.46. The van der Waals surface area contributed by atoms with Gasteiger partial charge in [-0.25, -0.2) is 4.68 Å². The Kier molecular flexibility index (Phi) is 1.71. The Balaban J connectivity index is 1.97. The van der Waals surface area contributed by atoms with Gasteiger partial charge in [0.05, 0.1) is 0 Å². The molecule has 0 spiro atoms. The summed E-state index contributed by atoms with van der Waals surface area (Å²) < 4.78 is 2.09. The van der Waals surface area contributed by atoms with Crippen molar-refractivity contribution in [2.75, 3.05) is 5.84 Å². The number of nitrogen functional groups attached to an aromatic ring is 1. The maximum atomic E-state index is 5.85. The van der Waals surface area contributed by atoms with Crippen LogP contribution in [0, 0.1) is 16.6 Å². The predicted molar refractivity (Wildman–Crippen MR) is 55.8 cm³/mol. The molecule has 2 aliphatic rings. The molecule has 0 radical (unpaired) electrons. The summed E-state index contributed by atoms with van der Waals surface area (Å²) in [4.78, 5) is 0. The second-order valence-corrected chi connectivity index (χ2v) is 4.84. The highest BCUT2D eigenvalue weighted by atomic mass is 32.1. The van der Waals surface area contributed by atoms with Gasteiger partial charge in [0.15, 0.2) is 5.82 Å². The Hall–Kier alpha value is -0.840. The van der Waals surface area contributed by atoms with Gasteiger partial charge in [0.1, 0.15) is 0 Å². The summed E-state index contributed by atoms with van der Waals surface area (Å²) in [6, 6.07) is 0. The molecule has 0 saturated heterocycles. The van der Waals surface area contributed by atoms with Gasteiger partial charge in [-0.1, -0.05) is 0 Å². The van der Waals surface area contributed by atoms with Crippen LogP contribution in [0.4, 0.5) is 0 Å². The average Bonchev–Trinajstić information content (AvgIpc) is 3.02. The third-order valence-electron chi connectivity index (χ3n) is 3.29. The lowest BCUT2D eigenvalue weighted by molar-refractivity contribution is 0.496. The van der Waals surface area contributed by atoms with Crippen LogP contribution < -0.4 is 5.84 Å². The minimum atomic E-state index is 0.534. The van der Waals surface area contributed by atoms with Crippen molar-refractivity contribution in [3.8, 4) is 0 Å². The van der Waals surface area contributed by atoms with Gasteiger partial charge in [-0.15, -0.1) is 0 Å². The maximum Gasteiger partial charge on any atom is 0.214 e. The molecule has 0 aliphatic heterocycles. The molecule has 3 rings (SSSR count). The molecule has 0 aromatic carbocycles. The number of rotatable bonds is 3. The molecule has 0 amide bonds. The highest BCUT2D eigenvalue weighted by Crippen LogP contribution is 2.53. The van der Waals surface area contributed by atoms with Crippen molar-refractivity contribution in [2.24, 2.45) is 11.8 Å². The number of aromatic nitrogens is 3. The molecule has 1 aromatic heterocycles. The number of hydrogen-bond acceptors (Lipinski definition) is 3. The Bertz CT molecular complexity index is 387. The van der Waals surface area contributed by atoms with Gasteiger partial charge in [-0.3, -0.25) is 5.10 Å². The molecule has 4 nitrogen and oxygen atoms in total. The molecule has 0 unspecified atom stereocenters. The largest absolute Gasteiger partial charge is 0.335 e. The highest BCUT2D eigenvalue weighted by Gasteiger charge is 2.44. The normalized spacial score (nSPS) is 21.8. The minimum absolute atomic E-state index is 0.534. The minimum Gasteiger partial charge on any atom is -0.335 e. The van der Waals surface area contributed by atoms with Crippen LogP contribution in [0.3, 0.4) is 0 Å². The Morgan fingerprint density at radius 2 is 1.93 bits per heavy atom. The molecule has 0 bridgehead atoms. The lowest BCUT2D eigenvalue weighted by atomic mass is 9.97. The van der Waals surface area contributed by atoms with E-state index in [0.29, 0.717) is 10.7 Å². The lowest BCUT2D eigenvalue weighted by Crippen LogP contribution is -2.18. The summed E-state index contributed by atoms with van der Waals surface area (Å²) in [6.45, 7) is 0. The third kappa shape index (κ3) is 1.27. The van der Waals surface area contributed by atoms with Crippen LogP contribution in [0.5, 0.6) is 0 Å². The summed E-state index contributed by atoms with van der Waals surface area (Å²) in [5.41, 5.74) is 0. The van der Waals surface area contributed by atoms with E-state index in [2.05, 4.69) is 10.2 Å². The number of nitrogens with two attached hydrogens (primary N) is 1. The van der Waals surface area contributed by atoms with Crippen molar-refractivity contribution in [1.29, 1.82) is 0 Å². The van der Waals surface area contributed by atoms with Crippen LogP contribution in [0.15, 0.2) is 0 Å². The van der Waals surface area contributed by atoms with Gasteiger partial charge in [-0.2, -0.15) is 5.10 Å². The van der Waals surface area contributed by atoms with E-state index in [4.69, 9.17) is 18.1 Å². The first-order valence-corrected chi connectivity index (χ1v) is 5.60. The van der Waals surface area contributed by atoms with E-state index in [1.807, 2.05) is 0 Å². The van der Waals surface area contributed by atoms with Gasteiger partial charge < -0.3 is 5.84 Å². The van der Waals surface area contributed by atoms with Crippen LogP contribution in [0.25, 0.3) is 0 Å². The molecule has 1 heterocycles. The fraction of sp³-hybridized carbons (Fsp3) is 0.778. The Morgan fingerprint density at radius 1 is 1.36 bits per heavy atom. The van der Waals surface area contributed by atoms with Gasteiger partial charge in [0.2, 0.25) is 4.77 Å². The summed E-state index contributed by atoms with van der Waals surface area (Å²) in [6.07, 6.45) is 5.34. The van der Waals surface area contributed by atoms with Gasteiger partial charge in [0.25, 0.3) is 0 Å². The van der Waals surface area contributed by atoms with E-state index in [9.17, 15) is 0 Å². The highest BCUT2D eigenvalue weighted by molar-refractivity contribution is 7.71. The third-order valence-corrected chi connectivity index (χ3v) is 3.58. The second kappa shape index (κ2) is 2.82. The molecule has 5 heteroatoms. The summed E-state index contributed by atoms with van der Waals surface area (Å²) >= 11 is 5.03. The SMILES string of the molecule is Nn1c(C(C2CC2)C2CC2)n[nH]c1=S. The van der Waals surface area contributed by atoms with Crippen LogP contribution in [-0.2, 0) is 0 Å². The van der Waals surface area contributed by atoms with Crippen molar-refractivity contribution >= 4 is 12.2 Å². The molecule has 2 saturated carbocycles. The summed E-state index contributed by atoms with van der Waals surface area (Å²) in [5.74, 6) is 9.02. The number of nitrogens with zero attached hydrogens (tertiary/aromatic N) is 2. The van der Waals surface area contributed by atoms with E-state index >= 15 is 0 Å². The average molecular weight is 210 g/mol. The lowest BCUT2D eigenvalue weighted by Gasteiger charge is -2.13. The first-order chi connectivity index (χ1) is 6.77. The van der Waals surface area contributed by atoms with Crippen molar-refractivity contribution in [2.45, 2.75) is 31.6 Å². The monoisotopic (exact) mass is 210 g/mol. The zero-order valence-electron chi connectivity index (χ0n) is 7.94. The molecular weight excluding hydrogens is 196 g/mol. The van der Waals surface area contributed by atoms with Crippen LogP contribution in [0.1, 0.15) is 37.4 Å². The van der Waals surface area contributed by atoms with Gasteiger partial charge in [-0.05, 0) is 49.7 Å². The smallest absolute Gasteiger partial charge is 0.214 e. The zero-order chi connectivity index (χ0) is 9.71. The molecule has 0 atom stereocenters. The molecule has 14 heavy (non-hydrogen) atoms. The van der Waals surface area contributed by atoms with Crippen molar-refractivity contribution < 1.29 is 0 Å². The van der Waals surface area contributed by atoms with Crippen LogP contribution >= 0.6 is 12.2 Å². The van der Waals surface area contributed by atoms with E-state index in [-0.39, 0.29) is 0 Å². The first-order valence-electron chi connectivity index (χ1n) is 5.20. The molecule has 3 N–H and O–H groups in total. The summed E-state index contributed by atoms with van der Waals surface area (Å²) in [7, 11) is 0. The fourth-order valence-electron chi connectivity index (χ4n) is 2.27. The van der Waals surface area contributed by atoms with E-state index in [0.717, 1.165) is 17.7 Å². The molecule has 1 aromatic rings. The molecular formula is C9H14N4S. The number of H-pyrrole nitrogens is 1.